The van der Waals surface area contributed by atoms with Crippen molar-refractivity contribution in [3.63, 3.8) is 0 Å². The lowest BCUT2D eigenvalue weighted by atomic mass is 9.81. The maximum Gasteiger partial charge on any atom is 0.417 e. The quantitative estimate of drug-likeness (QED) is 0.452. The maximum absolute atomic E-state index is 13.6. The SMILES string of the molecule is Cc1nc(-c2ncc(F)cn2)c2c(n1)C1CCCC(C2)N1C(=O)c1cccc(C(F)(F)F)c1Cl. The van der Waals surface area contributed by atoms with Gasteiger partial charge in [-0.05, 0) is 44.7 Å². The topological polar surface area (TPSA) is 71.9 Å². The molecule has 0 N–H and O–H groups in total. The van der Waals surface area contributed by atoms with Crippen molar-refractivity contribution in [2.75, 3.05) is 0 Å². The standard InChI is InChI=1S/C23H18ClF4N5O/c1-11-31-19-15(20(32-11)21-29-9-12(25)10-30-21)8-13-4-2-7-17(19)33(13)22(34)14-5-3-6-16(18(14)24)23(26,27)28/h3,5-6,9-10,13,17H,2,4,7-8H2,1H3. The monoisotopic (exact) mass is 491 g/mol. The van der Waals surface area contributed by atoms with Crippen LogP contribution in [0.15, 0.2) is 30.6 Å². The van der Waals surface area contributed by atoms with Gasteiger partial charge in [-0.1, -0.05) is 17.7 Å². The van der Waals surface area contributed by atoms with E-state index in [9.17, 15) is 22.4 Å². The van der Waals surface area contributed by atoms with Crippen molar-refractivity contribution in [2.45, 2.75) is 50.9 Å². The number of fused-ring (bicyclic) bond motifs is 4. The third-order valence-electron chi connectivity index (χ3n) is 6.25. The van der Waals surface area contributed by atoms with E-state index in [0.717, 1.165) is 30.4 Å². The molecule has 1 aromatic carbocycles. The maximum atomic E-state index is 13.6. The number of rotatable bonds is 2. The van der Waals surface area contributed by atoms with E-state index in [0.29, 0.717) is 36.5 Å². The molecule has 0 spiro atoms. The third-order valence-corrected chi connectivity index (χ3v) is 6.66. The van der Waals surface area contributed by atoms with Crippen molar-refractivity contribution < 1.29 is 22.4 Å². The summed E-state index contributed by atoms with van der Waals surface area (Å²) in [5, 5.41) is -0.608. The van der Waals surface area contributed by atoms with Crippen LogP contribution in [0, 0.1) is 12.7 Å². The Bertz CT molecular complexity index is 1280. The lowest BCUT2D eigenvalue weighted by molar-refractivity contribution is -0.137. The smallest absolute Gasteiger partial charge is 0.327 e. The van der Waals surface area contributed by atoms with Crippen LogP contribution in [0.1, 0.15) is 58.3 Å². The normalized spacial score (nSPS) is 19.6. The number of piperidine rings is 1. The number of aryl methyl sites for hydroxylation is 1. The molecule has 2 aromatic heterocycles. The molecule has 1 saturated heterocycles. The molecule has 34 heavy (non-hydrogen) atoms. The van der Waals surface area contributed by atoms with Crippen LogP contribution in [0.4, 0.5) is 17.6 Å². The van der Waals surface area contributed by atoms with Gasteiger partial charge in [0.1, 0.15) is 11.5 Å². The van der Waals surface area contributed by atoms with E-state index in [1.165, 1.54) is 12.1 Å². The van der Waals surface area contributed by atoms with E-state index in [-0.39, 0.29) is 17.4 Å². The highest BCUT2D eigenvalue weighted by Crippen LogP contribution is 2.45. The molecule has 2 bridgehead atoms. The first-order chi connectivity index (χ1) is 16.1. The van der Waals surface area contributed by atoms with Crippen LogP contribution in [0.3, 0.4) is 0 Å². The highest BCUT2D eigenvalue weighted by Gasteiger charge is 2.44. The van der Waals surface area contributed by atoms with Crippen LogP contribution in [-0.4, -0.2) is 36.8 Å². The minimum atomic E-state index is -4.67. The van der Waals surface area contributed by atoms with Crippen LogP contribution in [0.5, 0.6) is 0 Å². The number of halogens is 5. The number of hydrogen-bond donors (Lipinski definition) is 0. The van der Waals surface area contributed by atoms with Crippen molar-refractivity contribution in [2.24, 2.45) is 0 Å². The highest BCUT2D eigenvalue weighted by molar-refractivity contribution is 6.34. The van der Waals surface area contributed by atoms with Crippen LogP contribution in [0.25, 0.3) is 11.5 Å². The molecule has 2 aliphatic heterocycles. The first kappa shape index (κ1) is 22.6. The molecule has 2 unspecified atom stereocenters. The van der Waals surface area contributed by atoms with E-state index in [1.807, 2.05) is 0 Å². The second-order valence-electron chi connectivity index (χ2n) is 8.39. The number of nitrogens with zero attached hydrogens (tertiary/aromatic N) is 5. The van der Waals surface area contributed by atoms with Gasteiger partial charge in [0.2, 0.25) is 0 Å². The summed E-state index contributed by atoms with van der Waals surface area (Å²) in [6, 6.07) is 2.62. The molecule has 0 radical (unpaired) electrons. The minimum absolute atomic E-state index is 0.190. The minimum Gasteiger partial charge on any atom is -0.327 e. The first-order valence-electron chi connectivity index (χ1n) is 10.7. The molecule has 2 atom stereocenters. The molecule has 176 valence electrons. The predicted molar refractivity (Wildman–Crippen MR) is 114 cm³/mol. The highest BCUT2D eigenvalue weighted by atomic mass is 35.5. The molecule has 1 amide bonds. The Morgan fingerprint density at radius 2 is 1.88 bits per heavy atom. The zero-order valence-corrected chi connectivity index (χ0v) is 18.7. The number of amides is 1. The number of alkyl halides is 3. The number of aromatic nitrogens is 4. The van der Waals surface area contributed by atoms with Gasteiger partial charge in [0.25, 0.3) is 5.91 Å². The Kier molecular flexibility index (Phi) is 5.50. The van der Waals surface area contributed by atoms with Crippen LogP contribution in [-0.2, 0) is 12.6 Å². The summed E-state index contributed by atoms with van der Waals surface area (Å²) in [6.07, 6.45) is -0.0959. The summed E-state index contributed by atoms with van der Waals surface area (Å²) in [5.74, 6) is -0.459. The van der Waals surface area contributed by atoms with Crippen molar-refractivity contribution >= 4 is 17.5 Å². The fraction of sp³-hybridized carbons (Fsp3) is 0.348. The van der Waals surface area contributed by atoms with Gasteiger partial charge in [-0.25, -0.2) is 24.3 Å². The van der Waals surface area contributed by atoms with E-state index in [4.69, 9.17) is 11.6 Å². The van der Waals surface area contributed by atoms with Gasteiger partial charge in [0.05, 0.1) is 40.3 Å². The number of carbonyl (C=O) groups is 1. The van der Waals surface area contributed by atoms with Crippen molar-refractivity contribution in [1.29, 1.82) is 0 Å². The van der Waals surface area contributed by atoms with Crippen LogP contribution >= 0.6 is 11.6 Å². The van der Waals surface area contributed by atoms with Crippen LogP contribution < -0.4 is 0 Å². The first-order valence-corrected chi connectivity index (χ1v) is 11.1. The second-order valence-corrected chi connectivity index (χ2v) is 8.77. The summed E-state index contributed by atoms with van der Waals surface area (Å²) in [6.45, 7) is 1.69. The Morgan fingerprint density at radius 1 is 1.15 bits per heavy atom. The van der Waals surface area contributed by atoms with Crippen molar-refractivity contribution in [3.8, 4) is 11.5 Å². The molecule has 0 aliphatic carbocycles. The number of hydrogen-bond acceptors (Lipinski definition) is 5. The van der Waals surface area contributed by atoms with Gasteiger partial charge < -0.3 is 4.90 Å². The summed E-state index contributed by atoms with van der Waals surface area (Å²) in [7, 11) is 0. The Morgan fingerprint density at radius 3 is 2.59 bits per heavy atom. The molecular formula is C23H18ClF4N5O. The molecular weight excluding hydrogens is 474 g/mol. The van der Waals surface area contributed by atoms with Crippen molar-refractivity contribution in [3.05, 3.63) is 69.6 Å². The molecule has 1 fully saturated rings. The average Bonchev–Trinajstić information content (AvgIpc) is 2.78. The lowest BCUT2D eigenvalue weighted by Crippen LogP contribution is -2.50. The fourth-order valence-electron chi connectivity index (χ4n) is 4.86. The summed E-state index contributed by atoms with van der Waals surface area (Å²) >= 11 is 6.07. The molecule has 6 nitrogen and oxygen atoms in total. The van der Waals surface area contributed by atoms with Gasteiger partial charge in [-0.2, -0.15) is 13.2 Å². The van der Waals surface area contributed by atoms with Gasteiger partial charge in [-0.15, -0.1) is 0 Å². The number of carbonyl (C=O) groups excluding carboxylic acids is 1. The zero-order valence-electron chi connectivity index (χ0n) is 17.9. The average molecular weight is 492 g/mol. The van der Waals surface area contributed by atoms with Crippen molar-refractivity contribution in [1.82, 2.24) is 24.8 Å². The van der Waals surface area contributed by atoms with E-state index < -0.39 is 34.5 Å². The Balaban J connectivity index is 1.60. The summed E-state index contributed by atoms with van der Waals surface area (Å²) in [4.78, 5) is 32.4. The molecule has 3 aromatic rings. The predicted octanol–water partition coefficient (Wildman–Crippen LogP) is 5.35. The molecule has 0 saturated carbocycles. The Hall–Kier alpha value is -3.14. The molecule has 5 rings (SSSR count). The van der Waals surface area contributed by atoms with Gasteiger partial charge in [-0.3, -0.25) is 4.79 Å². The summed E-state index contributed by atoms with van der Waals surface area (Å²) < 4.78 is 53.5. The fourth-order valence-corrected chi connectivity index (χ4v) is 5.17. The zero-order chi connectivity index (χ0) is 24.2. The number of benzene rings is 1. The third kappa shape index (κ3) is 3.79. The summed E-state index contributed by atoms with van der Waals surface area (Å²) in [5.41, 5.74) is 0.624. The lowest BCUT2D eigenvalue weighted by Gasteiger charge is -2.46. The molecule has 4 heterocycles. The van der Waals surface area contributed by atoms with Crippen LogP contribution in [0.2, 0.25) is 5.02 Å². The largest absolute Gasteiger partial charge is 0.417 e. The van der Waals surface area contributed by atoms with E-state index in [1.54, 1.807) is 11.8 Å². The van der Waals surface area contributed by atoms with Gasteiger partial charge >= 0.3 is 6.18 Å². The second kappa shape index (κ2) is 8.26. The van der Waals surface area contributed by atoms with Gasteiger partial charge in [0.15, 0.2) is 11.6 Å². The van der Waals surface area contributed by atoms with Gasteiger partial charge in [0, 0.05) is 11.6 Å². The molecule has 2 aliphatic rings. The van der Waals surface area contributed by atoms with E-state index >= 15 is 0 Å². The Labute approximate surface area is 197 Å². The molecule has 11 heteroatoms. The van der Waals surface area contributed by atoms with E-state index in [2.05, 4.69) is 19.9 Å².